The summed E-state index contributed by atoms with van der Waals surface area (Å²) in [5, 5.41) is 0. The van der Waals surface area contributed by atoms with Crippen molar-refractivity contribution in [2.24, 2.45) is 5.84 Å². The first-order chi connectivity index (χ1) is 6.86. The van der Waals surface area contributed by atoms with E-state index in [-0.39, 0.29) is 6.04 Å². The summed E-state index contributed by atoms with van der Waals surface area (Å²) in [5.74, 6) is 8.07. The Balaban J connectivity index is 2.45. The van der Waals surface area contributed by atoms with Crippen LogP contribution in [0.5, 0.6) is 0 Å². The molecular weight excluding hydrogens is 172 g/mol. The predicted molar refractivity (Wildman–Crippen MR) is 59.3 cm³/mol. The molecule has 0 aromatic heterocycles. The van der Waals surface area contributed by atoms with E-state index in [1.807, 2.05) is 18.2 Å². The van der Waals surface area contributed by atoms with Gasteiger partial charge in [0, 0.05) is 12.5 Å². The molecule has 14 heavy (non-hydrogen) atoms. The number of hydrogen-bond donors (Lipinski definition) is 2. The number of benzene rings is 1. The van der Waals surface area contributed by atoms with Gasteiger partial charge < -0.3 is 0 Å². The van der Waals surface area contributed by atoms with Crippen LogP contribution in [0, 0.1) is 12.3 Å². The number of nitrogens with one attached hydrogen (secondary N) is 1. The van der Waals surface area contributed by atoms with E-state index >= 15 is 0 Å². The van der Waals surface area contributed by atoms with Gasteiger partial charge in [-0.15, -0.1) is 12.3 Å². The van der Waals surface area contributed by atoms with Crippen molar-refractivity contribution >= 4 is 0 Å². The van der Waals surface area contributed by atoms with Crippen LogP contribution in [0.3, 0.4) is 0 Å². The molecule has 1 aromatic carbocycles. The molecule has 2 nitrogen and oxygen atoms in total. The lowest BCUT2D eigenvalue weighted by molar-refractivity contribution is 0.498. The lowest BCUT2D eigenvalue weighted by atomic mass is 10.0. The van der Waals surface area contributed by atoms with E-state index in [1.165, 1.54) is 5.56 Å². The average Bonchev–Trinajstić information content (AvgIpc) is 2.25. The van der Waals surface area contributed by atoms with Crippen molar-refractivity contribution in [2.45, 2.75) is 25.3 Å². The van der Waals surface area contributed by atoms with E-state index in [9.17, 15) is 0 Å². The van der Waals surface area contributed by atoms with Crippen molar-refractivity contribution in [1.29, 1.82) is 0 Å². The second-order valence-electron chi connectivity index (χ2n) is 3.30. The first kappa shape index (κ1) is 10.8. The summed E-state index contributed by atoms with van der Waals surface area (Å²) in [4.78, 5) is 0. The predicted octanol–water partition coefficient (Wildman–Crippen LogP) is 1.47. The number of terminal acetylenes is 1. The standard InChI is InChI=1S/C12H16N2/c1-2-3-9-12(14-13)10-11-7-5-4-6-8-11/h1,4-8,12,14H,3,9-10,13H2. The Labute approximate surface area is 85.5 Å². The van der Waals surface area contributed by atoms with Gasteiger partial charge >= 0.3 is 0 Å². The molecule has 3 N–H and O–H groups in total. The van der Waals surface area contributed by atoms with Crippen LogP contribution in [0.4, 0.5) is 0 Å². The maximum atomic E-state index is 5.44. The van der Waals surface area contributed by atoms with Gasteiger partial charge in [0.1, 0.15) is 0 Å². The van der Waals surface area contributed by atoms with Gasteiger partial charge in [0.25, 0.3) is 0 Å². The highest BCUT2D eigenvalue weighted by Gasteiger charge is 2.05. The summed E-state index contributed by atoms with van der Waals surface area (Å²) in [5.41, 5.74) is 4.07. The minimum Gasteiger partial charge on any atom is -0.271 e. The van der Waals surface area contributed by atoms with Crippen LogP contribution in [0.15, 0.2) is 30.3 Å². The Hall–Kier alpha value is -1.30. The molecule has 2 heteroatoms. The Morgan fingerprint density at radius 3 is 2.64 bits per heavy atom. The zero-order valence-electron chi connectivity index (χ0n) is 8.24. The van der Waals surface area contributed by atoms with Gasteiger partial charge in [-0.2, -0.15) is 0 Å². The first-order valence-electron chi connectivity index (χ1n) is 4.80. The number of nitrogens with two attached hydrogens (primary N) is 1. The van der Waals surface area contributed by atoms with Crippen molar-refractivity contribution in [1.82, 2.24) is 5.43 Å². The van der Waals surface area contributed by atoms with Crippen molar-refractivity contribution in [3.63, 3.8) is 0 Å². The zero-order valence-corrected chi connectivity index (χ0v) is 8.24. The Morgan fingerprint density at radius 1 is 1.36 bits per heavy atom. The molecule has 0 saturated carbocycles. The van der Waals surface area contributed by atoms with Gasteiger partial charge in [0.2, 0.25) is 0 Å². The molecule has 0 heterocycles. The number of hydrogen-bond acceptors (Lipinski definition) is 2. The molecule has 0 aliphatic carbocycles. The summed E-state index contributed by atoms with van der Waals surface area (Å²) >= 11 is 0. The van der Waals surface area contributed by atoms with Crippen molar-refractivity contribution < 1.29 is 0 Å². The van der Waals surface area contributed by atoms with Crippen molar-refractivity contribution in [3.05, 3.63) is 35.9 Å². The molecular formula is C12H16N2. The topological polar surface area (TPSA) is 38.0 Å². The Morgan fingerprint density at radius 2 is 2.07 bits per heavy atom. The lowest BCUT2D eigenvalue weighted by Crippen LogP contribution is -2.36. The molecule has 0 aliphatic heterocycles. The van der Waals surface area contributed by atoms with E-state index < -0.39 is 0 Å². The summed E-state index contributed by atoms with van der Waals surface area (Å²) in [6.07, 6.45) is 7.82. The molecule has 74 valence electrons. The van der Waals surface area contributed by atoms with E-state index in [1.54, 1.807) is 0 Å². The second-order valence-corrected chi connectivity index (χ2v) is 3.30. The number of rotatable bonds is 5. The van der Waals surface area contributed by atoms with Gasteiger partial charge in [-0.25, -0.2) is 0 Å². The smallest absolute Gasteiger partial charge is 0.0259 e. The minimum absolute atomic E-state index is 0.272. The third kappa shape index (κ3) is 3.61. The summed E-state index contributed by atoms with van der Waals surface area (Å²) in [6.45, 7) is 0. The molecule has 0 spiro atoms. The molecule has 1 unspecified atom stereocenters. The fourth-order valence-corrected chi connectivity index (χ4v) is 1.40. The van der Waals surface area contributed by atoms with E-state index in [4.69, 9.17) is 12.3 Å². The van der Waals surface area contributed by atoms with E-state index in [2.05, 4.69) is 23.5 Å². The Kier molecular flexibility index (Phi) is 4.77. The molecule has 1 aromatic rings. The van der Waals surface area contributed by atoms with Gasteiger partial charge in [-0.05, 0) is 18.4 Å². The highest BCUT2D eigenvalue weighted by molar-refractivity contribution is 5.15. The first-order valence-corrected chi connectivity index (χ1v) is 4.80. The molecule has 0 radical (unpaired) electrons. The molecule has 0 bridgehead atoms. The van der Waals surface area contributed by atoms with Crippen LogP contribution in [-0.4, -0.2) is 6.04 Å². The van der Waals surface area contributed by atoms with Gasteiger partial charge in [0.15, 0.2) is 0 Å². The van der Waals surface area contributed by atoms with Crippen molar-refractivity contribution in [3.8, 4) is 12.3 Å². The summed E-state index contributed by atoms with van der Waals surface area (Å²) in [6, 6.07) is 10.5. The average molecular weight is 188 g/mol. The monoisotopic (exact) mass is 188 g/mol. The molecule has 1 atom stereocenters. The quantitative estimate of drug-likeness (QED) is 0.417. The molecule has 0 saturated heterocycles. The highest BCUT2D eigenvalue weighted by atomic mass is 15.2. The largest absolute Gasteiger partial charge is 0.271 e. The molecule has 0 fully saturated rings. The van der Waals surface area contributed by atoms with Gasteiger partial charge in [-0.3, -0.25) is 11.3 Å². The fraction of sp³-hybridized carbons (Fsp3) is 0.333. The third-order valence-corrected chi connectivity index (χ3v) is 2.20. The maximum absolute atomic E-state index is 5.44. The second kappa shape index (κ2) is 6.20. The van der Waals surface area contributed by atoms with Crippen LogP contribution in [0.25, 0.3) is 0 Å². The number of hydrazine groups is 1. The Bertz CT molecular complexity index is 287. The molecule has 0 aliphatic rings. The van der Waals surface area contributed by atoms with Crippen LogP contribution in [0.2, 0.25) is 0 Å². The lowest BCUT2D eigenvalue weighted by Gasteiger charge is -2.14. The maximum Gasteiger partial charge on any atom is 0.0259 e. The van der Waals surface area contributed by atoms with E-state index in [0.29, 0.717) is 0 Å². The van der Waals surface area contributed by atoms with Crippen LogP contribution < -0.4 is 11.3 Å². The summed E-state index contributed by atoms with van der Waals surface area (Å²) < 4.78 is 0. The van der Waals surface area contributed by atoms with Crippen LogP contribution in [0.1, 0.15) is 18.4 Å². The van der Waals surface area contributed by atoms with Crippen LogP contribution in [-0.2, 0) is 6.42 Å². The SMILES string of the molecule is C#CCCC(Cc1ccccc1)NN. The van der Waals surface area contributed by atoms with E-state index in [0.717, 1.165) is 19.3 Å². The molecule has 0 amide bonds. The van der Waals surface area contributed by atoms with Gasteiger partial charge in [0.05, 0.1) is 0 Å². The van der Waals surface area contributed by atoms with Gasteiger partial charge in [-0.1, -0.05) is 30.3 Å². The molecule has 1 rings (SSSR count). The fourth-order valence-electron chi connectivity index (χ4n) is 1.40. The zero-order chi connectivity index (χ0) is 10.2. The summed E-state index contributed by atoms with van der Waals surface area (Å²) in [7, 11) is 0. The normalized spacial score (nSPS) is 12.0. The third-order valence-electron chi connectivity index (χ3n) is 2.20. The van der Waals surface area contributed by atoms with Crippen LogP contribution >= 0.6 is 0 Å². The minimum atomic E-state index is 0.272. The highest BCUT2D eigenvalue weighted by Crippen LogP contribution is 2.06. The van der Waals surface area contributed by atoms with Crippen molar-refractivity contribution in [2.75, 3.05) is 0 Å².